The zero-order valence-electron chi connectivity index (χ0n) is 17.0. The zero-order chi connectivity index (χ0) is 19.3. The van der Waals surface area contributed by atoms with Crippen molar-refractivity contribution in [3.8, 4) is 0 Å². The molecule has 0 bridgehead atoms. The average Bonchev–Trinajstić information content (AvgIpc) is 3.35. The van der Waals surface area contributed by atoms with E-state index < -0.39 is 0 Å². The standard InChI is InChI=1S/C24H31NO3/c1-3-13-10-14-11-15(25-27)4-5-16(14)17-6-8-23(2)22(21(13)17)18-12-19(18)24(23)9-7-20(26)28-24/h7,9,13,15,17-19,21-22H,3-6,8,10-12H2,1-2H3/t13?,15?,17?,18?,19?,21?,22?,23-,24-/m0/s1. The summed E-state index contributed by atoms with van der Waals surface area (Å²) in [6.07, 6.45) is 12.8. The Bertz CT molecular complexity index is 815. The second-order valence-corrected chi connectivity index (χ2v) is 10.7. The normalized spacial score (nSPS) is 53.4. The lowest BCUT2D eigenvalue weighted by Crippen LogP contribution is -2.55. The third kappa shape index (κ3) is 1.95. The maximum Gasteiger partial charge on any atom is 0.331 e. The van der Waals surface area contributed by atoms with Crippen molar-refractivity contribution in [2.45, 2.75) is 76.9 Å². The predicted octanol–water partition coefficient (Wildman–Crippen LogP) is 5.18. The molecule has 3 fully saturated rings. The van der Waals surface area contributed by atoms with E-state index in [0.29, 0.717) is 23.7 Å². The first-order valence-corrected chi connectivity index (χ1v) is 11.5. The fourth-order valence-electron chi connectivity index (χ4n) is 8.83. The Labute approximate surface area is 167 Å². The highest BCUT2D eigenvalue weighted by Crippen LogP contribution is 2.78. The smallest absolute Gasteiger partial charge is 0.331 e. The van der Waals surface area contributed by atoms with Crippen molar-refractivity contribution >= 4 is 5.97 Å². The van der Waals surface area contributed by atoms with E-state index in [-0.39, 0.29) is 23.0 Å². The van der Waals surface area contributed by atoms with Gasteiger partial charge in [0.05, 0.1) is 6.04 Å². The molecule has 6 rings (SSSR count). The zero-order valence-corrected chi connectivity index (χ0v) is 17.0. The van der Waals surface area contributed by atoms with Crippen LogP contribution in [0.4, 0.5) is 0 Å². The van der Waals surface area contributed by atoms with Crippen LogP contribution in [0.25, 0.3) is 0 Å². The van der Waals surface area contributed by atoms with Crippen LogP contribution in [0.1, 0.15) is 65.2 Å². The number of carbonyl (C=O) groups excluding carboxylic acids is 1. The number of allylic oxidation sites excluding steroid dienone is 1. The molecular formula is C24H31NO3. The summed E-state index contributed by atoms with van der Waals surface area (Å²) in [6.45, 7) is 4.79. The molecule has 28 heavy (non-hydrogen) atoms. The lowest BCUT2D eigenvalue weighted by Gasteiger charge is -2.57. The van der Waals surface area contributed by atoms with Gasteiger partial charge in [-0.25, -0.2) is 4.79 Å². The number of hydrogen-bond acceptors (Lipinski definition) is 4. The quantitative estimate of drug-likeness (QED) is 0.376. The fraction of sp³-hybridized carbons (Fsp3) is 0.792. The van der Waals surface area contributed by atoms with Crippen molar-refractivity contribution in [3.05, 3.63) is 28.2 Å². The van der Waals surface area contributed by atoms with E-state index in [4.69, 9.17) is 4.74 Å². The van der Waals surface area contributed by atoms with Crippen LogP contribution in [0.15, 0.2) is 28.5 Å². The lowest BCUT2D eigenvalue weighted by molar-refractivity contribution is -0.167. The number of carbonyl (C=O) groups is 1. The van der Waals surface area contributed by atoms with Gasteiger partial charge < -0.3 is 4.74 Å². The molecule has 7 unspecified atom stereocenters. The predicted molar refractivity (Wildman–Crippen MR) is 106 cm³/mol. The van der Waals surface area contributed by atoms with Gasteiger partial charge in [0, 0.05) is 17.4 Å². The molecule has 9 atom stereocenters. The SMILES string of the molecule is CCC1CC2=C(CCC(N=O)C2)C2CC[C@@]3(C)C(C4CC4[C@@]34C=CC(=O)O4)C12. The van der Waals surface area contributed by atoms with Crippen LogP contribution < -0.4 is 0 Å². The molecular weight excluding hydrogens is 350 g/mol. The molecule has 3 saturated carbocycles. The van der Waals surface area contributed by atoms with Crippen LogP contribution in [0.5, 0.6) is 0 Å². The first-order chi connectivity index (χ1) is 13.5. The third-order valence-electron chi connectivity index (χ3n) is 9.93. The Morgan fingerprint density at radius 1 is 1.29 bits per heavy atom. The summed E-state index contributed by atoms with van der Waals surface area (Å²) in [5.74, 6) is 3.95. The van der Waals surface area contributed by atoms with Gasteiger partial charge in [-0.2, -0.15) is 4.91 Å². The summed E-state index contributed by atoms with van der Waals surface area (Å²) in [5, 5.41) is 3.39. The van der Waals surface area contributed by atoms with Gasteiger partial charge in [0.15, 0.2) is 0 Å². The monoisotopic (exact) mass is 381 g/mol. The molecule has 4 heteroatoms. The summed E-state index contributed by atoms with van der Waals surface area (Å²) >= 11 is 0. The number of esters is 1. The minimum absolute atomic E-state index is 0.00673. The highest BCUT2D eigenvalue weighted by atomic mass is 16.6. The first-order valence-electron chi connectivity index (χ1n) is 11.5. The molecule has 0 amide bonds. The van der Waals surface area contributed by atoms with E-state index in [0.717, 1.165) is 37.5 Å². The molecule has 150 valence electrons. The third-order valence-corrected chi connectivity index (χ3v) is 9.93. The summed E-state index contributed by atoms with van der Waals surface area (Å²) in [7, 11) is 0. The van der Waals surface area contributed by atoms with Gasteiger partial charge in [-0.15, -0.1) is 0 Å². The van der Waals surface area contributed by atoms with Gasteiger partial charge in [0.2, 0.25) is 0 Å². The largest absolute Gasteiger partial charge is 0.451 e. The molecule has 0 aromatic carbocycles. The van der Waals surface area contributed by atoms with Gasteiger partial charge >= 0.3 is 5.97 Å². The average molecular weight is 382 g/mol. The number of fused-ring (bicyclic) bond motifs is 8. The van der Waals surface area contributed by atoms with Gasteiger partial charge in [-0.1, -0.05) is 36.6 Å². The molecule has 0 N–H and O–H groups in total. The molecule has 0 radical (unpaired) electrons. The Balaban J connectivity index is 1.41. The molecule has 0 aromatic heterocycles. The number of nitrogens with zero attached hydrogens (tertiary/aromatic N) is 1. The minimum Gasteiger partial charge on any atom is -0.451 e. The van der Waals surface area contributed by atoms with E-state index in [9.17, 15) is 9.70 Å². The summed E-state index contributed by atoms with van der Waals surface area (Å²) in [6, 6.07) is 0.00673. The Morgan fingerprint density at radius 2 is 2.14 bits per heavy atom. The molecule has 5 aliphatic carbocycles. The molecule has 1 heterocycles. The number of rotatable bonds is 2. The Morgan fingerprint density at radius 3 is 2.86 bits per heavy atom. The summed E-state index contributed by atoms with van der Waals surface area (Å²) in [5.41, 5.74) is 3.06. The van der Waals surface area contributed by atoms with E-state index >= 15 is 0 Å². The molecule has 4 nitrogen and oxygen atoms in total. The fourth-order valence-corrected chi connectivity index (χ4v) is 8.83. The van der Waals surface area contributed by atoms with E-state index in [1.165, 1.54) is 25.7 Å². The van der Waals surface area contributed by atoms with Gasteiger partial charge in [0.25, 0.3) is 0 Å². The van der Waals surface area contributed by atoms with Crippen LogP contribution in [0, 0.1) is 45.8 Å². The van der Waals surface area contributed by atoms with Crippen molar-refractivity contribution in [1.82, 2.24) is 0 Å². The maximum absolute atomic E-state index is 12.1. The molecule has 0 saturated heterocycles. The highest BCUT2D eigenvalue weighted by molar-refractivity contribution is 5.85. The topological polar surface area (TPSA) is 55.7 Å². The Kier molecular flexibility index (Phi) is 3.47. The second kappa shape index (κ2) is 5.58. The van der Waals surface area contributed by atoms with Gasteiger partial charge in [0.1, 0.15) is 5.60 Å². The van der Waals surface area contributed by atoms with Crippen LogP contribution in [0.2, 0.25) is 0 Å². The van der Waals surface area contributed by atoms with Gasteiger partial charge in [-0.05, 0) is 80.6 Å². The molecule has 1 aliphatic heterocycles. The van der Waals surface area contributed by atoms with Crippen LogP contribution in [0.3, 0.4) is 0 Å². The van der Waals surface area contributed by atoms with E-state index in [1.54, 1.807) is 17.2 Å². The van der Waals surface area contributed by atoms with Crippen molar-refractivity contribution in [2.24, 2.45) is 46.1 Å². The van der Waals surface area contributed by atoms with Crippen LogP contribution in [-0.2, 0) is 9.53 Å². The molecule has 0 aromatic rings. The van der Waals surface area contributed by atoms with Crippen molar-refractivity contribution in [2.75, 3.05) is 0 Å². The summed E-state index contributed by atoms with van der Waals surface area (Å²) < 4.78 is 6.11. The Hall–Kier alpha value is -1.45. The highest BCUT2D eigenvalue weighted by Gasteiger charge is 2.78. The lowest BCUT2D eigenvalue weighted by atomic mass is 9.48. The van der Waals surface area contributed by atoms with E-state index in [2.05, 4.69) is 25.1 Å². The second-order valence-electron chi connectivity index (χ2n) is 10.7. The molecule has 1 spiro atoms. The number of ether oxygens (including phenoxy) is 1. The minimum atomic E-state index is -0.323. The van der Waals surface area contributed by atoms with Crippen LogP contribution >= 0.6 is 0 Å². The summed E-state index contributed by atoms with van der Waals surface area (Å²) in [4.78, 5) is 23.2. The van der Waals surface area contributed by atoms with Crippen molar-refractivity contribution < 1.29 is 9.53 Å². The van der Waals surface area contributed by atoms with Crippen molar-refractivity contribution in [1.29, 1.82) is 0 Å². The number of nitroso groups, excluding NO2 is 1. The number of hydrogen-bond donors (Lipinski definition) is 0. The first kappa shape index (κ1) is 17.4. The van der Waals surface area contributed by atoms with Gasteiger partial charge in [-0.3, -0.25) is 0 Å². The van der Waals surface area contributed by atoms with Crippen LogP contribution in [-0.4, -0.2) is 17.6 Å². The maximum atomic E-state index is 12.1. The molecule has 6 aliphatic rings. The van der Waals surface area contributed by atoms with E-state index in [1.807, 2.05) is 0 Å². The van der Waals surface area contributed by atoms with Crippen molar-refractivity contribution in [3.63, 3.8) is 0 Å².